The van der Waals surface area contributed by atoms with E-state index >= 15 is 0 Å². The topological polar surface area (TPSA) is 110 Å². The molecule has 0 fully saturated rings. The summed E-state index contributed by atoms with van der Waals surface area (Å²) in [5.41, 5.74) is 40.3. The van der Waals surface area contributed by atoms with Crippen molar-refractivity contribution in [3.8, 4) is 157 Å². The maximum atomic E-state index is 4.78. The van der Waals surface area contributed by atoms with E-state index in [2.05, 4.69) is 470 Å². The molecule has 0 aliphatic carbocycles. The third-order valence-electron chi connectivity index (χ3n) is 27.2. The normalized spacial score (nSPS) is 11.4. The van der Waals surface area contributed by atoms with E-state index in [1.807, 2.05) is 92.6 Å². The van der Waals surface area contributed by atoms with E-state index in [1.54, 1.807) is 0 Å². The van der Waals surface area contributed by atoms with Gasteiger partial charge in [-0.2, -0.15) is 0 Å². The first-order valence-corrected chi connectivity index (χ1v) is 47.8. The van der Waals surface area contributed by atoms with Gasteiger partial charge < -0.3 is 18.3 Å². The van der Waals surface area contributed by atoms with Gasteiger partial charge in [0.1, 0.15) is 0 Å². The van der Waals surface area contributed by atoms with Gasteiger partial charge in [0, 0.05) is 179 Å². The van der Waals surface area contributed by atoms with E-state index < -0.39 is 0 Å². The van der Waals surface area contributed by atoms with Crippen molar-refractivity contribution in [2.75, 3.05) is 0 Å². The van der Waals surface area contributed by atoms with Crippen LogP contribution in [-0.4, -0.2) is 53.2 Å². The molecule has 0 unspecified atom stereocenters. The van der Waals surface area contributed by atoms with Crippen LogP contribution in [0.2, 0.25) is 0 Å². The van der Waals surface area contributed by atoms with Gasteiger partial charge in [0.2, 0.25) is 0 Å². The molecule has 0 atom stereocenters. The van der Waals surface area contributed by atoms with Crippen molar-refractivity contribution in [1.29, 1.82) is 0 Å². The van der Waals surface area contributed by atoms with Crippen LogP contribution in [0, 0.1) is 0 Å². The van der Waals surface area contributed by atoms with Crippen LogP contribution in [0.4, 0.5) is 0 Å². The summed E-state index contributed by atoms with van der Waals surface area (Å²) in [7, 11) is 0. The Bertz CT molecular complexity index is 8210. The molecule has 27 rings (SSSR count). The molecule has 11 nitrogen and oxygen atoms in total. The molecule has 0 saturated heterocycles. The molecule has 27 aromatic rings. The van der Waals surface area contributed by atoms with E-state index in [0.29, 0.717) is 0 Å². The molecule has 666 valence electrons. The minimum atomic E-state index is 0.838. The zero-order chi connectivity index (χ0) is 94.2. The summed E-state index contributed by atoms with van der Waals surface area (Å²) in [4.78, 5) is 31.9. The fourth-order valence-corrected chi connectivity index (χ4v) is 20.5. The van der Waals surface area contributed by atoms with Crippen molar-refractivity contribution in [3.63, 3.8) is 0 Å². The summed E-state index contributed by atoms with van der Waals surface area (Å²) < 4.78 is 9.42. The Morgan fingerprint density at radius 1 is 0.120 bits per heavy atom. The van der Waals surface area contributed by atoms with Crippen LogP contribution in [0.15, 0.2) is 529 Å². The lowest BCUT2D eigenvalue weighted by Crippen LogP contribution is -1.95. The quantitative estimate of drug-likeness (QED) is 0.0947. The van der Waals surface area contributed by atoms with Crippen LogP contribution in [0.1, 0.15) is 0 Å². The molecule has 11 heteroatoms. The highest BCUT2D eigenvalue weighted by atomic mass is 15.0. The van der Waals surface area contributed by atoms with Crippen molar-refractivity contribution in [2.45, 2.75) is 0 Å². The molecule has 0 spiro atoms. The summed E-state index contributed by atoms with van der Waals surface area (Å²) in [6.45, 7) is 0. The van der Waals surface area contributed by atoms with Crippen molar-refractivity contribution in [2.24, 2.45) is 0 Å². The Kier molecular flexibility index (Phi) is 22.1. The first-order valence-electron chi connectivity index (χ1n) is 47.8. The molecule has 11 heterocycles. The fourth-order valence-electron chi connectivity index (χ4n) is 20.5. The molecule has 0 aliphatic heterocycles. The second-order valence-electron chi connectivity index (χ2n) is 35.7. The van der Waals surface area contributed by atoms with E-state index in [4.69, 9.17) is 19.9 Å². The highest BCUT2D eigenvalue weighted by molar-refractivity contribution is 6.13. The standard InChI is InChI=1S/2C46H30N4.C39H27N3/c1-5-19-43-39(15-1)40-16-2-6-20-44(40)49(43)37-13-9-11-31(25-37)33-23-35(29-47-27-33)36-24-34(28-48-30-36)32-12-10-14-38(26-32)50-45-21-7-3-17-41(45)42-18-4-8-22-46(42)50;1-5-19-43-37(15-1)38-16-2-6-20-44(38)49(43)35-13-9-11-31(27-35)33-23-25-47-41(29-33)42-30-34(24-26-48-42)32-12-10-14-36(28-32)50-45-21-7-3-17-39(45)40-18-4-8-22-46(40)50;1-7-28(34-13-4-16-40-25-34)19-31(10-1)37-22-38(32-11-2-8-29(20-32)35-14-5-17-41-26-35)24-39(23-37)33-12-3-9-30(21-33)36-15-6-18-42-27-36/h2*1-30H;1-27H. The predicted molar refractivity (Wildman–Crippen MR) is 586 cm³/mol. The smallest absolute Gasteiger partial charge is 0.0892 e. The van der Waals surface area contributed by atoms with Gasteiger partial charge in [0.05, 0.1) is 55.5 Å². The minimum absolute atomic E-state index is 0.838. The lowest BCUT2D eigenvalue weighted by Gasteiger charge is -2.14. The molecule has 0 amide bonds. The zero-order valence-electron chi connectivity index (χ0n) is 77.1. The van der Waals surface area contributed by atoms with Crippen LogP contribution in [-0.2, 0) is 0 Å². The van der Waals surface area contributed by atoms with Gasteiger partial charge in [-0.05, 0) is 272 Å². The molecule has 16 aromatic carbocycles. The molecular formula is C131H87N11. The molecule has 0 radical (unpaired) electrons. The van der Waals surface area contributed by atoms with E-state index in [0.717, 1.165) is 157 Å². The van der Waals surface area contributed by atoms with Crippen LogP contribution in [0.3, 0.4) is 0 Å². The molecule has 0 saturated carbocycles. The Morgan fingerprint density at radius 2 is 0.303 bits per heavy atom. The number of nitrogens with zero attached hydrogens (tertiary/aromatic N) is 11. The van der Waals surface area contributed by atoms with Gasteiger partial charge in [-0.3, -0.25) is 34.9 Å². The Hall–Kier alpha value is -19.2. The number of pyridine rings is 7. The number of para-hydroxylation sites is 8. The lowest BCUT2D eigenvalue weighted by molar-refractivity contribution is 1.18. The van der Waals surface area contributed by atoms with Gasteiger partial charge in [0.25, 0.3) is 0 Å². The van der Waals surface area contributed by atoms with Crippen molar-refractivity contribution >= 4 is 87.2 Å². The monoisotopic (exact) mass is 1810 g/mol. The maximum absolute atomic E-state index is 4.78. The molecule has 0 bridgehead atoms. The first-order chi connectivity index (χ1) is 70.4. The number of aromatic nitrogens is 11. The number of rotatable bonds is 16. The van der Waals surface area contributed by atoms with Crippen molar-refractivity contribution in [3.05, 3.63) is 529 Å². The molecule has 0 N–H and O–H groups in total. The zero-order valence-corrected chi connectivity index (χ0v) is 77.1. The second-order valence-corrected chi connectivity index (χ2v) is 35.7. The summed E-state index contributed by atoms with van der Waals surface area (Å²) in [6.07, 6.45) is 22.7. The van der Waals surface area contributed by atoms with Gasteiger partial charge >= 0.3 is 0 Å². The molecule has 11 aromatic heterocycles. The summed E-state index contributed by atoms with van der Waals surface area (Å²) in [6, 6.07) is 162. The van der Waals surface area contributed by atoms with Crippen molar-refractivity contribution in [1.82, 2.24) is 53.2 Å². The third-order valence-corrected chi connectivity index (χ3v) is 27.2. The highest BCUT2D eigenvalue weighted by Gasteiger charge is 2.21. The SMILES string of the molecule is c1cc(-c2ccnc(-c3cc(-c4cccc(-n5c6ccccc6c6ccccc65)c4)ccn3)c2)cc(-n2c3ccccc3c3ccccc32)c1.c1cc(-c2cncc(-c3cncc(-c4cccc(-n5c6ccccc6c6ccccc65)c4)c3)c2)cc(-n2c3ccccc3c3ccccc32)c1.c1cncc(-c2cccc(-c3cc(-c4cccc(-c5cccnc5)c4)cc(-c4cccc(-c5cccnc5)c4)c3)c2)c1. The Labute approximate surface area is 820 Å². The van der Waals surface area contributed by atoms with Gasteiger partial charge in [0.15, 0.2) is 0 Å². The van der Waals surface area contributed by atoms with Gasteiger partial charge in [-0.15, -0.1) is 0 Å². The van der Waals surface area contributed by atoms with Gasteiger partial charge in [-0.25, -0.2) is 0 Å². The summed E-state index contributed by atoms with van der Waals surface area (Å²) in [5, 5.41) is 10.0. The Balaban J connectivity index is 0.000000113. The van der Waals surface area contributed by atoms with E-state index in [1.165, 1.54) is 87.2 Å². The largest absolute Gasteiger partial charge is 0.309 e. The molecular weight excluding hydrogens is 1730 g/mol. The van der Waals surface area contributed by atoms with Crippen molar-refractivity contribution < 1.29 is 0 Å². The third kappa shape index (κ3) is 16.2. The Morgan fingerprint density at radius 3 is 0.549 bits per heavy atom. The first kappa shape index (κ1) is 84.5. The number of hydrogen-bond donors (Lipinski definition) is 0. The maximum Gasteiger partial charge on any atom is 0.0892 e. The van der Waals surface area contributed by atoms with Crippen LogP contribution < -0.4 is 0 Å². The van der Waals surface area contributed by atoms with E-state index in [9.17, 15) is 0 Å². The van der Waals surface area contributed by atoms with E-state index in [-0.39, 0.29) is 0 Å². The number of fused-ring (bicyclic) bond motifs is 12. The fraction of sp³-hybridized carbons (Fsp3) is 0. The molecule has 0 aliphatic rings. The van der Waals surface area contributed by atoms with Crippen LogP contribution in [0.25, 0.3) is 244 Å². The summed E-state index contributed by atoms with van der Waals surface area (Å²) >= 11 is 0. The highest BCUT2D eigenvalue weighted by Crippen LogP contribution is 2.43. The second kappa shape index (κ2) is 37.1. The molecule has 142 heavy (non-hydrogen) atoms. The predicted octanol–water partition coefficient (Wildman–Crippen LogP) is 33.2. The lowest BCUT2D eigenvalue weighted by atomic mass is 9.91. The van der Waals surface area contributed by atoms with Crippen LogP contribution in [0.5, 0.6) is 0 Å². The van der Waals surface area contributed by atoms with Crippen LogP contribution >= 0.6 is 0 Å². The average Bonchev–Trinajstić information content (AvgIpc) is 1.59. The average molecular weight is 1820 g/mol. The number of benzene rings is 16. The van der Waals surface area contributed by atoms with Gasteiger partial charge in [-0.1, -0.05) is 267 Å². The summed E-state index contributed by atoms with van der Waals surface area (Å²) in [5.74, 6) is 0. The number of hydrogen-bond acceptors (Lipinski definition) is 7. The minimum Gasteiger partial charge on any atom is -0.309 e.